The molecule has 0 unspecified atom stereocenters. The van der Waals surface area contributed by atoms with Gasteiger partial charge < -0.3 is 9.73 Å². The second-order valence-electron chi connectivity index (χ2n) is 4.96. The predicted octanol–water partition coefficient (Wildman–Crippen LogP) is 3.22. The Labute approximate surface area is 135 Å². The van der Waals surface area contributed by atoms with Crippen molar-refractivity contribution in [1.29, 1.82) is 0 Å². The van der Waals surface area contributed by atoms with Crippen LogP contribution < -0.4 is 11.0 Å². The van der Waals surface area contributed by atoms with Crippen molar-refractivity contribution in [2.75, 3.05) is 12.4 Å². The molecule has 0 aliphatic carbocycles. The first-order chi connectivity index (χ1) is 11.2. The Morgan fingerprint density at radius 3 is 2.91 bits per heavy atom. The van der Waals surface area contributed by atoms with E-state index in [9.17, 15) is 4.79 Å². The average molecular weight is 327 g/mol. The van der Waals surface area contributed by atoms with Crippen LogP contribution in [-0.2, 0) is 0 Å². The third-order valence-corrected chi connectivity index (χ3v) is 3.84. The highest BCUT2D eigenvalue weighted by Gasteiger charge is 2.19. The summed E-state index contributed by atoms with van der Waals surface area (Å²) < 4.78 is 7.36. The van der Waals surface area contributed by atoms with Crippen LogP contribution in [0.2, 0.25) is 5.02 Å². The molecule has 0 amide bonds. The van der Waals surface area contributed by atoms with Gasteiger partial charge in [-0.3, -0.25) is 9.55 Å². The molecule has 3 aromatic heterocycles. The number of hydrogen-bond acceptors (Lipinski definition) is 5. The summed E-state index contributed by atoms with van der Waals surface area (Å²) in [6.07, 6.45) is 3.25. The topological polar surface area (TPSA) is 73.0 Å². The molecule has 0 fully saturated rings. The zero-order valence-corrected chi connectivity index (χ0v) is 12.8. The van der Waals surface area contributed by atoms with Crippen molar-refractivity contribution < 1.29 is 4.42 Å². The van der Waals surface area contributed by atoms with Crippen LogP contribution in [0.4, 0.5) is 5.82 Å². The van der Waals surface area contributed by atoms with Gasteiger partial charge in [-0.05, 0) is 30.3 Å². The highest BCUT2D eigenvalue weighted by atomic mass is 35.5. The van der Waals surface area contributed by atoms with Crippen molar-refractivity contribution in [2.45, 2.75) is 0 Å². The van der Waals surface area contributed by atoms with E-state index in [4.69, 9.17) is 16.0 Å². The Morgan fingerprint density at radius 1 is 1.30 bits per heavy atom. The van der Waals surface area contributed by atoms with Crippen LogP contribution in [0.3, 0.4) is 0 Å². The van der Waals surface area contributed by atoms with E-state index >= 15 is 0 Å². The minimum atomic E-state index is -0.419. The van der Waals surface area contributed by atoms with E-state index in [0.29, 0.717) is 33.2 Å². The van der Waals surface area contributed by atoms with Gasteiger partial charge in [0, 0.05) is 23.7 Å². The lowest BCUT2D eigenvalue weighted by molar-refractivity contribution is 0.665. The third kappa shape index (κ3) is 2.07. The molecule has 6 nitrogen and oxygen atoms in total. The molecule has 4 rings (SSSR count). The number of pyridine rings is 1. The average Bonchev–Trinajstić information content (AvgIpc) is 2.93. The fraction of sp³-hybridized carbons (Fsp3) is 0.0625. The maximum Gasteiger partial charge on any atom is 0.354 e. The van der Waals surface area contributed by atoms with Crippen LogP contribution in [0.25, 0.3) is 27.8 Å². The summed E-state index contributed by atoms with van der Waals surface area (Å²) >= 11 is 6.12. The van der Waals surface area contributed by atoms with E-state index in [0.717, 1.165) is 5.39 Å². The number of benzene rings is 1. The van der Waals surface area contributed by atoms with Crippen LogP contribution in [-0.4, -0.2) is 21.6 Å². The van der Waals surface area contributed by atoms with Crippen LogP contribution in [0.1, 0.15) is 0 Å². The number of rotatable bonds is 2. The number of aromatic nitrogens is 3. The molecule has 0 aliphatic rings. The molecule has 1 aromatic carbocycles. The van der Waals surface area contributed by atoms with Crippen LogP contribution in [0.15, 0.2) is 51.9 Å². The van der Waals surface area contributed by atoms with Gasteiger partial charge >= 0.3 is 5.69 Å². The lowest BCUT2D eigenvalue weighted by atomic mass is 10.2. The fourth-order valence-corrected chi connectivity index (χ4v) is 2.80. The number of nitrogens with zero attached hydrogens (tertiary/aromatic N) is 3. The Kier molecular flexibility index (Phi) is 3.06. The monoisotopic (exact) mass is 326 g/mol. The Bertz CT molecular complexity index is 1090. The summed E-state index contributed by atoms with van der Waals surface area (Å²) in [6.45, 7) is 0. The second kappa shape index (κ2) is 5.10. The number of furan rings is 1. The highest BCUT2D eigenvalue weighted by Crippen LogP contribution is 2.33. The summed E-state index contributed by atoms with van der Waals surface area (Å²) in [5.41, 5.74) is 1.93. The summed E-state index contributed by atoms with van der Waals surface area (Å²) in [5.74, 6) is 0.387. The van der Waals surface area contributed by atoms with E-state index in [1.165, 1.54) is 4.57 Å². The van der Waals surface area contributed by atoms with Gasteiger partial charge in [0.15, 0.2) is 11.4 Å². The molecule has 1 N–H and O–H groups in total. The molecule has 0 spiro atoms. The number of hydrogen-bond donors (Lipinski definition) is 1. The van der Waals surface area contributed by atoms with Crippen molar-refractivity contribution in [3.63, 3.8) is 0 Å². The largest absolute Gasteiger partial charge is 0.450 e. The molecule has 114 valence electrons. The maximum absolute atomic E-state index is 12.5. The Hall–Kier alpha value is -2.86. The van der Waals surface area contributed by atoms with Gasteiger partial charge in [-0.25, -0.2) is 4.79 Å². The lowest BCUT2D eigenvalue weighted by Gasteiger charge is -2.08. The lowest BCUT2D eigenvalue weighted by Crippen LogP contribution is -2.22. The molecule has 0 aliphatic heterocycles. The third-order valence-electron chi connectivity index (χ3n) is 3.60. The highest BCUT2D eigenvalue weighted by molar-refractivity contribution is 6.31. The van der Waals surface area contributed by atoms with Crippen LogP contribution in [0, 0.1) is 0 Å². The molecule has 23 heavy (non-hydrogen) atoms. The predicted molar refractivity (Wildman–Crippen MR) is 89.5 cm³/mol. The molecule has 7 heteroatoms. The zero-order valence-electron chi connectivity index (χ0n) is 12.1. The SMILES string of the molecule is CNc1nc(=O)n(-c2cccnc2)c2c1oc1ccc(Cl)cc12. The van der Waals surface area contributed by atoms with E-state index in [1.54, 1.807) is 49.8 Å². The quantitative estimate of drug-likeness (QED) is 0.612. The normalized spacial score (nSPS) is 11.2. The molecule has 0 saturated heterocycles. The summed E-state index contributed by atoms with van der Waals surface area (Å²) in [6, 6.07) is 8.84. The molecule has 0 saturated carbocycles. The standard InChI is InChI=1S/C16H11ClN4O2/c1-18-15-14-13(11-7-9(17)4-5-12(11)23-14)21(16(22)20-15)10-3-2-6-19-8-10/h2-8H,1H3,(H,18,20,22). The van der Waals surface area contributed by atoms with E-state index in [-0.39, 0.29) is 0 Å². The number of halogens is 1. The minimum Gasteiger partial charge on any atom is -0.450 e. The molecule has 4 aromatic rings. The number of fused-ring (bicyclic) bond motifs is 3. The summed E-state index contributed by atoms with van der Waals surface area (Å²) in [7, 11) is 1.69. The van der Waals surface area contributed by atoms with Gasteiger partial charge in [-0.2, -0.15) is 4.98 Å². The number of nitrogens with one attached hydrogen (secondary N) is 1. The van der Waals surface area contributed by atoms with Gasteiger partial charge in [0.25, 0.3) is 0 Å². The second-order valence-corrected chi connectivity index (χ2v) is 5.40. The van der Waals surface area contributed by atoms with Gasteiger partial charge in [-0.15, -0.1) is 0 Å². The first-order valence-corrected chi connectivity index (χ1v) is 7.30. The number of anilines is 1. The van der Waals surface area contributed by atoms with Crippen LogP contribution in [0.5, 0.6) is 0 Å². The van der Waals surface area contributed by atoms with Crippen molar-refractivity contribution in [3.05, 3.63) is 58.2 Å². The van der Waals surface area contributed by atoms with Crippen molar-refractivity contribution >= 4 is 39.5 Å². The van der Waals surface area contributed by atoms with Crippen molar-refractivity contribution in [3.8, 4) is 5.69 Å². The van der Waals surface area contributed by atoms with Crippen molar-refractivity contribution in [1.82, 2.24) is 14.5 Å². The Balaban J connectivity index is 2.26. The molecular weight excluding hydrogens is 316 g/mol. The molecule has 0 bridgehead atoms. The smallest absolute Gasteiger partial charge is 0.354 e. The molecule has 0 atom stereocenters. The van der Waals surface area contributed by atoms with Gasteiger partial charge in [0.1, 0.15) is 11.1 Å². The molecule has 0 radical (unpaired) electrons. The minimum absolute atomic E-state index is 0.387. The van der Waals surface area contributed by atoms with Gasteiger partial charge in [0.2, 0.25) is 0 Å². The fourth-order valence-electron chi connectivity index (χ4n) is 2.63. The molecule has 3 heterocycles. The van der Waals surface area contributed by atoms with E-state index < -0.39 is 5.69 Å². The van der Waals surface area contributed by atoms with Crippen molar-refractivity contribution in [2.24, 2.45) is 0 Å². The molecular formula is C16H11ClN4O2. The first-order valence-electron chi connectivity index (χ1n) is 6.92. The summed E-state index contributed by atoms with van der Waals surface area (Å²) in [4.78, 5) is 20.7. The maximum atomic E-state index is 12.5. The van der Waals surface area contributed by atoms with Gasteiger partial charge in [-0.1, -0.05) is 11.6 Å². The van der Waals surface area contributed by atoms with Crippen LogP contribution >= 0.6 is 11.6 Å². The zero-order chi connectivity index (χ0) is 16.0. The van der Waals surface area contributed by atoms with Gasteiger partial charge in [0.05, 0.1) is 11.9 Å². The Morgan fingerprint density at radius 2 is 2.17 bits per heavy atom. The van der Waals surface area contributed by atoms with E-state index in [2.05, 4.69) is 15.3 Å². The first kappa shape index (κ1) is 13.8. The summed E-state index contributed by atoms with van der Waals surface area (Å²) in [5, 5.41) is 4.20. The van der Waals surface area contributed by atoms with E-state index in [1.807, 2.05) is 0 Å².